The molecule has 0 fully saturated rings. The minimum absolute atomic E-state index is 0.0659. The molecule has 1 atom stereocenters. The van der Waals surface area contributed by atoms with Gasteiger partial charge in [0.2, 0.25) is 5.91 Å². The zero-order valence-electron chi connectivity index (χ0n) is 19.8. The zero-order valence-corrected chi connectivity index (χ0v) is 19.8. The number of rotatable bonds is 8. The third-order valence-electron chi connectivity index (χ3n) is 5.79. The fraction of sp³-hybridized carbons (Fsp3) is 0.286. The fourth-order valence-corrected chi connectivity index (χ4v) is 3.91. The number of nitrogens with zero attached hydrogens (tertiary/aromatic N) is 1. The number of carbonyl (C=O) groups is 2. The van der Waals surface area contributed by atoms with Gasteiger partial charge in [0, 0.05) is 18.2 Å². The van der Waals surface area contributed by atoms with Gasteiger partial charge in [-0.3, -0.25) is 9.59 Å². The van der Waals surface area contributed by atoms with Crippen LogP contribution in [0.2, 0.25) is 0 Å². The van der Waals surface area contributed by atoms with Gasteiger partial charge in [-0.2, -0.15) is 0 Å². The SMILES string of the molecule is Cc1ccc(CCC(=O)Nc2ccc3c(c2)OC(C)C(=O)N3CCOc2cccc(C)c2)cc1. The number of amides is 2. The van der Waals surface area contributed by atoms with Gasteiger partial charge in [-0.15, -0.1) is 0 Å². The predicted octanol–water partition coefficient (Wildman–Crippen LogP) is 5.07. The van der Waals surface area contributed by atoms with Crippen LogP contribution in [-0.4, -0.2) is 31.1 Å². The Labute approximate surface area is 200 Å². The Morgan fingerprint density at radius 3 is 2.59 bits per heavy atom. The molecular formula is C28H30N2O4. The number of aryl methyl sites for hydroxylation is 3. The Bertz CT molecular complexity index is 1170. The van der Waals surface area contributed by atoms with E-state index < -0.39 is 6.10 Å². The molecular weight excluding hydrogens is 428 g/mol. The molecule has 0 bridgehead atoms. The van der Waals surface area contributed by atoms with Crippen molar-refractivity contribution in [3.8, 4) is 11.5 Å². The molecule has 6 heteroatoms. The summed E-state index contributed by atoms with van der Waals surface area (Å²) in [5.41, 5.74) is 4.77. The van der Waals surface area contributed by atoms with Crippen LogP contribution in [0, 0.1) is 13.8 Å². The van der Waals surface area contributed by atoms with Crippen LogP contribution in [0.25, 0.3) is 0 Å². The third-order valence-corrected chi connectivity index (χ3v) is 5.79. The molecule has 0 saturated heterocycles. The van der Waals surface area contributed by atoms with Gasteiger partial charge < -0.3 is 19.7 Å². The molecule has 0 spiro atoms. The van der Waals surface area contributed by atoms with Crippen molar-refractivity contribution in [2.75, 3.05) is 23.4 Å². The summed E-state index contributed by atoms with van der Waals surface area (Å²) in [5.74, 6) is 1.16. The van der Waals surface area contributed by atoms with Crippen LogP contribution in [0.4, 0.5) is 11.4 Å². The summed E-state index contributed by atoms with van der Waals surface area (Å²) in [6, 6.07) is 21.4. The van der Waals surface area contributed by atoms with Gasteiger partial charge in [-0.05, 0) is 62.6 Å². The summed E-state index contributed by atoms with van der Waals surface area (Å²) >= 11 is 0. The van der Waals surface area contributed by atoms with Crippen LogP contribution in [0.5, 0.6) is 11.5 Å². The quantitative estimate of drug-likeness (QED) is 0.512. The molecule has 0 aliphatic carbocycles. The second-order valence-electron chi connectivity index (χ2n) is 8.63. The van der Waals surface area contributed by atoms with E-state index in [0.29, 0.717) is 43.1 Å². The Hall–Kier alpha value is -3.80. The number of anilines is 2. The first-order chi connectivity index (χ1) is 16.4. The summed E-state index contributed by atoms with van der Waals surface area (Å²) in [7, 11) is 0. The molecule has 1 heterocycles. The number of nitrogens with one attached hydrogen (secondary N) is 1. The molecule has 1 N–H and O–H groups in total. The molecule has 1 unspecified atom stereocenters. The lowest BCUT2D eigenvalue weighted by Gasteiger charge is -2.33. The van der Waals surface area contributed by atoms with E-state index in [1.807, 2.05) is 62.4 Å². The van der Waals surface area contributed by atoms with Crippen LogP contribution in [0.15, 0.2) is 66.7 Å². The van der Waals surface area contributed by atoms with Gasteiger partial charge in [-0.1, -0.05) is 42.0 Å². The third kappa shape index (κ3) is 5.76. The van der Waals surface area contributed by atoms with E-state index in [1.165, 1.54) is 5.56 Å². The molecule has 4 rings (SSSR count). The largest absolute Gasteiger partial charge is 0.492 e. The van der Waals surface area contributed by atoms with E-state index >= 15 is 0 Å². The minimum Gasteiger partial charge on any atom is -0.492 e. The summed E-state index contributed by atoms with van der Waals surface area (Å²) in [6.07, 6.45) is 0.450. The van der Waals surface area contributed by atoms with Crippen molar-refractivity contribution < 1.29 is 19.1 Å². The van der Waals surface area contributed by atoms with Crippen molar-refractivity contribution in [2.45, 2.75) is 39.7 Å². The molecule has 6 nitrogen and oxygen atoms in total. The number of hydrogen-bond acceptors (Lipinski definition) is 4. The molecule has 176 valence electrons. The molecule has 1 aliphatic rings. The molecule has 2 amide bonds. The van der Waals surface area contributed by atoms with Gasteiger partial charge in [0.25, 0.3) is 5.91 Å². The standard InChI is InChI=1S/C28H30N2O4/c1-19-7-9-22(10-8-19)11-14-27(31)29-23-12-13-25-26(18-23)34-21(3)28(32)30(25)15-16-33-24-6-4-5-20(2)17-24/h4-10,12-13,17-18,21H,11,14-16H2,1-3H3,(H,29,31). The average molecular weight is 459 g/mol. The molecule has 3 aromatic rings. The lowest BCUT2D eigenvalue weighted by Crippen LogP contribution is -2.46. The highest BCUT2D eigenvalue weighted by Crippen LogP contribution is 2.36. The van der Waals surface area contributed by atoms with Crippen molar-refractivity contribution in [1.29, 1.82) is 0 Å². The summed E-state index contributed by atoms with van der Waals surface area (Å²) < 4.78 is 11.7. The van der Waals surface area contributed by atoms with Crippen molar-refractivity contribution in [2.24, 2.45) is 0 Å². The highest BCUT2D eigenvalue weighted by atomic mass is 16.5. The first-order valence-corrected chi connectivity index (χ1v) is 11.6. The summed E-state index contributed by atoms with van der Waals surface area (Å²) in [5, 5.41) is 2.94. The van der Waals surface area contributed by atoms with E-state index in [-0.39, 0.29) is 11.8 Å². The number of benzene rings is 3. The normalized spacial score (nSPS) is 14.9. The second kappa shape index (κ2) is 10.4. The highest BCUT2D eigenvalue weighted by molar-refractivity contribution is 6.00. The van der Waals surface area contributed by atoms with Gasteiger partial charge in [-0.25, -0.2) is 0 Å². The van der Waals surface area contributed by atoms with E-state index in [9.17, 15) is 9.59 Å². The van der Waals surface area contributed by atoms with E-state index in [1.54, 1.807) is 30.0 Å². The summed E-state index contributed by atoms with van der Waals surface area (Å²) in [6.45, 7) is 6.54. The molecule has 3 aromatic carbocycles. The molecule has 0 aromatic heterocycles. The number of fused-ring (bicyclic) bond motifs is 1. The van der Waals surface area contributed by atoms with Gasteiger partial charge in [0.1, 0.15) is 18.1 Å². The minimum atomic E-state index is -0.612. The van der Waals surface area contributed by atoms with Crippen molar-refractivity contribution in [1.82, 2.24) is 0 Å². The molecule has 0 saturated carbocycles. The lowest BCUT2D eigenvalue weighted by molar-refractivity contribution is -0.125. The average Bonchev–Trinajstić information content (AvgIpc) is 2.81. The van der Waals surface area contributed by atoms with Crippen molar-refractivity contribution in [3.63, 3.8) is 0 Å². The Kier molecular flexibility index (Phi) is 7.16. The number of ether oxygens (including phenoxy) is 2. The zero-order chi connectivity index (χ0) is 24.1. The van der Waals surface area contributed by atoms with Crippen molar-refractivity contribution >= 4 is 23.2 Å². The fourth-order valence-electron chi connectivity index (χ4n) is 3.91. The van der Waals surface area contributed by atoms with Gasteiger partial charge >= 0.3 is 0 Å². The highest BCUT2D eigenvalue weighted by Gasteiger charge is 2.31. The first kappa shape index (κ1) is 23.4. The van der Waals surface area contributed by atoms with Crippen LogP contribution in [-0.2, 0) is 16.0 Å². The molecule has 1 aliphatic heterocycles. The Balaban J connectivity index is 1.38. The molecule has 0 radical (unpaired) electrons. The molecule has 34 heavy (non-hydrogen) atoms. The maximum absolute atomic E-state index is 12.8. The monoisotopic (exact) mass is 458 g/mol. The van der Waals surface area contributed by atoms with Gasteiger partial charge in [0.15, 0.2) is 6.10 Å². The predicted molar refractivity (Wildman–Crippen MR) is 134 cm³/mol. The van der Waals surface area contributed by atoms with E-state index in [4.69, 9.17) is 9.47 Å². The first-order valence-electron chi connectivity index (χ1n) is 11.6. The lowest BCUT2D eigenvalue weighted by atomic mass is 10.1. The van der Waals surface area contributed by atoms with Gasteiger partial charge in [0.05, 0.1) is 12.2 Å². The van der Waals surface area contributed by atoms with Crippen LogP contribution < -0.4 is 19.7 Å². The second-order valence-corrected chi connectivity index (χ2v) is 8.63. The Morgan fingerprint density at radius 2 is 1.82 bits per heavy atom. The van der Waals surface area contributed by atoms with E-state index in [2.05, 4.69) is 5.32 Å². The number of carbonyl (C=O) groups excluding carboxylic acids is 2. The topological polar surface area (TPSA) is 67.9 Å². The van der Waals surface area contributed by atoms with E-state index in [0.717, 1.165) is 16.9 Å². The van der Waals surface area contributed by atoms with Crippen LogP contribution >= 0.6 is 0 Å². The maximum atomic E-state index is 12.8. The van der Waals surface area contributed by atoms with Crippen molar-refractivity contribution in [3.05, 3.63) is 83.4 Å². The smallest absolute Gasteiger partial charge is 0.267 e. The van der Waals surface area contributed by atoms with Crippen LogP contribution in [0.3, 0.4) is 0 Å². The summed E-state index contributed by atoms with van der Waals surface area (Å²) in [4.78, 5) is 26.9. The maximum Gasteiger partial charge on any atom is 0.267 e. The Morgan fingerprint density at radius 1 is 1.03 bits per heavy atom. The number of hydrogen-bond donors (Lipinski definition) is 1. The van der Waals surface area contributed by atoms with Crippen LogP contribution in [0.1, 0.15) is 30.0 Å².